The Morgan fingerprint density at radius 2 is 1.74 bits per heavy atom. The first-order valence-electron chi connectivity index (χ1n) is 13.7. The number of nitrogens with zero attached hydrogens (tertiary/aromatic N) is 3. The third kappa shape index (κ3) is 10.1. The van der Waals surface area contributed by atoms with Crippen LogP contribution in [0.25, 0.3) is 11.1 Å². The molecule has 2 aromatic carbocycles. The lowest BCUT2D eigenvalue weighted by atomic mass is 10.0. The second-order valence-electron chi connectivity index (χ2n) is 10.2. The average Bonchev–Trinajstić information content (AvgIpc) is 3.59. The van der Waals surface area contributed by atoms with E-state index in [2.05, 4.69) is 4.98 Å². The van der Waals surface area contributed by atoms with Crippen LogP contribution in [0.5, 0.6) is 5.06 Å². The standard InChI is InChI=1S/C28H29F2N3O4S2.C2HF3O2/c1-4-26-31-11-12-32(26)17-21-8-7-20(14-25(21)30)24-15-23(13-18(2)3)38-27(24)37-28(34)33(39(35)36)16-19-5-9-22(29)10-6-19;3-2(4,5)1(6)7/h5-12,14-15,18,39H,4,13,16-17H2,1-3H3;(H,6,7). The predicted octanol–water partition coefficient (Wildman–Crippen LogP) is 6.86. The number of benzene rings is 2. The fourth-order valence-electron chi connectivity index (χ4n) is 4.11. The Labute approximate surface area is 267 Å². The number of aliphatic carboxylic acids is 1. The number of rotatable bonds is 10. The van der Waals surface area contributed by atoms with Gasteiger partial charge in [-0.05, 0) is 47.7 Å². The van der Waals surface area contributed by atoms with E-state index in [1.54, 1.807) is 24.5 Å². The van der Waals surface area contributed by atoms with E-state index in [0.717, 1.165) is 17.1 Å². The zero-order valence-electron chi connectivity index (χ0n) is 24.8. The third-order valence-corrected chi connectivity index (χ3v) is 7.99. The van der Waals surface area contributed by atoms with E-state index in [4.69, 9.17) is 14.6 Å². The molecule has 16 heteroatoms. The molecule has 248 valence electrons. The van der Waals surface area contributed by atoms with Crippen molar-refractivity contribution in [3.8, 4) is 16.2 Å². The number of imidazole rings is 1. The monoisotopic (exact) mass is 687 g/mol. The number of carboxylic acid groups (broad SMARTS) is 1. The molecule has 0 fully saturated rings. The van der Waals surface area contributed by atoms with E-state index in [-0.39, 0.29) is 11.6 Å². The van der Waals surface area contributed by atoms with E-state index in [0.29, 0.717) is 45.4 Å². The van der Waals surface area contributed by atoms with Gasteiger partial charge in [-0.2, -0.15) is 13.2 Å². The molecule has 0 atom stereocenters. The summed E-state index contributed by atoms with van der Waals surface area (Å²) in [7, 11) is -3.33. The Balaban J connectivity index is 0.000000738. The number of hydrogen-bond donors (Lipinski definition) is 2. The zero-order chi connectivity index (χ0) is 34.2. The largest absolute Gasteiger partial charge is 0.490 e. The highest BCUT2D eigenvalue weighted by Gasteiger charge is 2.38. The molecule has 4 rings (SSSR count). The van der Waals surface area contributed by atoms with Crippen molar-refractivity contribution in [3.63, 3.8) is 0 Å². The number of alkyl halides is 3. The van der Waals surface area contributed by atoms with Gasteiger partial charge in [0.25, 0.3) is 0 Å². The normalized spacial score (nSPS) is 11.3. The van der Waals surface area contributed by atoms with Crippen LogP contribution in [0.15, 0.2) is 60.9 Å². The molecule has 0 radical (unpaired) electrons. The first-order valence-corrected chi connectivity index (χ1v) is 15.6. The molecule has 1 amide bonds. The molecule has 0 spiro atoms. The number of aryl methyl sites for hydroxylation is 1. The SMILES string of the molecule is CCc1nccn1Cc1ccc(-c2cc(CC(C)C)sc2OC(=O)N(Cc2ccc(F)cc2)[SH](=O)=O)cc1F.O=C(O)C(F)(F)F. The topological polar surface area (TPSA) is 119 Å². The molecule has 0 bridgehead atoms. The van der Waals surface area contributed by atoms with Gasteiger partial charge in [-0.3, -0.25) is 0 Å². The summed E-state index contributed by atoms with van der Waals surface area (Å²) in [4.78, 5) is 27.1. The van der Waals surface area contributed by atoms with Gasteiger partial charge in [0.15, 0.2) is 5.06 Å². The number of aromatic nitrogens is 2. The minimum absolute atomic E-state index is 0.173. The van der Waals surface area contributed by atoms with Crippen molar-refractivity contribution in [2.75, 3.05) is 0 Å². The number of halogens is 5. The highest BCUT2D eigenvalue weighted by molar-refractivity contribution is 7.70. The molecule has 0 aliphatic carbocycles. The summed E-state index contributed by atoms with van der Waals surface area (Å²) in [5.74, 6) is -2.49. The van der Waals surface area contributed by atoms with E-state index >= 15 is 4.39 Å². The van der Waals surface area contributed by atoms with E-state index in [9.17, 15) is 30.8 Å². The molecule has 0 unspecified atom stereocenters. The molecule has 0 saturated carbocycles. The lowest BCUT2D eigenvalue weighted by molar-refractivity contribution is -0.192. The summed E-state index contributed by atoms with van der Waals surface area (Å²) in [6, 6.07) is 11.8. The summed E-state index contributed by atoms with van der Waals surface area (Å²) in [5.41, 5.74) is 1.90. The van der Waals surface area contributed by atoms with Gasteiger partial charge >= 0.3 is 18.2 Å². The van der Waals surface area contributed by atoms with Gasteiger partial charge in [0.05, 0.1) is 13.1 Å². The molecule has 9 nitrogen and oxygen atoms in total. The highest BCUT2D eigenvalue weighted by Crippen LogP contribution is 2.40. The minimum atomic E-state index is -5.08. The van der Waals surface area contributed by atoms with Crippen molar-refractivity contribution in [2.45, 2.75) is 52.9 Å². The fraction of sp³-hybridized carbons (Fsp3) is 0.300. The number of hydrogen-bond acceptors (Lipinski definition) is 7. The Hall–Kier alpha value is -4.31. The lowest BCUT2D eigenvalue weighted by Crippen LogP contribution is -2.31. The Morgan fingerprint density at radius 3 is 2.28 bits per heavy atom. The van der Waals surface area contributed by atoms with Gasteiger partial charge in [0.2, 0.25) is 10.9 Å². The van der Waals surface area contributed by atoms with Crippen LogP contribution in [0.1, 0.15) is 42.6 Å². The molecule has 46 heavy (non-hydrogen) atoms. The number of amides is 1. The number of thiol groups is 1. The van der Waals surface area contributed by atoms with E-state index in [1.165, 1.54) is 41.7 Å². The minimum Gasteiger partial charge on any atom is -0.475 e. The number of ether oxygens (including phenoxy) is 1. The maximum Gasteiger partial charge on any atom is 0.490 e. The molecule has 0 aliphatic rings. The van der Waals surface area contributed by atoms with Gasteiger partial charge in [-0.25, -0.2) is 36.1 Å². The Kier molecular flexibility index (Phi) is 12.4. The van der Waals surface area contributed by atoms with Crippen LogP contribution >= 0.6 is 11.3 Å². The Morgan fingerprint density at radius 1 is 1.09 bits per heavy atom. The van der Waals surface area contributed by atoms with Crippen molar-refractivity contribution in [3.05, 3.63) is 94.4 Å². The van der Waals surface area contributed by atoms with Crippen LogP contribution in [0.2, 0.25) is 0 Å². The van der Waals surface area contributed by atoms with Crippen molar-refractivity contribution in [1.29, 1.82) is 0 Å². The molecular formula is C30H30F5N3O6S2. The van der Waals surface area contributed by atoms with Gasteiger partial charge < -0.3 is 14.4 Å². The van der Waals surface area contributed by atoms with Crippen LogP contribution in [0, 0.1) is 17.6 Å². The summed E-state index contributed by atoms with van der Waals surface area (Å²) >= 11 is 1.22. The van der Waals surface area contributed by atoms with Crippen molar-refractivity contribution >= 4 is 34.3 Å². The maximum atomic E-state index is 15.2. The summed E-state index contributed by atoms with van der Waals surface area (Å²) in [6.45, 7) is 6.10. The lowest BCUT2D eigenvalue weighted by Gasteiger charge is -2.16. The van der Waals surface area contributed by atoms with Crippen LogP contribution < -0.4 is 4.74 Å². The van der Waals surface area contributed by atoms with Crippen LogP contribution in [0.3, 0.4) is 0 Å². The fourth-order valence-corrected chi connectivity index (χ4v) is 5.80. The van der Waals surface area contributed by atoms with Crippen molar-refractivity contribution < 1.29 is 49.8 Å². The molecule has 4 aromatic rings. The number of thiophene rings is 1. The second kappa shape index (κ2) is 15.8. The van der Waals surface area contributed by atoms with Crippen LogP contribution in [0.4, 0.5) is 26.7 Å². The molecule has 1 N–H and O–H groups in total. The first-order chi connectivity index (χ1) is 21.6. The van der Waals surface area contributed by atoms with Crippen molar-refractivity contribution in [2.24, 2.45) is 5.92 Å². The quantitative estimate of drug-likeness (QED) is 0.138. The molecule has 2 heterocycles. The second-order valence-corrected chi connectivity index (χ2v) is 12.3. The first kappa shape index (κ1) is 36.2. The molecular weight excluding hydrogens is 657 g/mol. The average molecular weight is 688 g/mol. The van der Waals surface area contributed by atoms with Gasteiger partial charge in [0.1, 0.15) is 17.5 Å². The van der Waals surface area contributed by atoms with Gasteiger partial charge in [-0.1, -0.05) is 45.0 Å². The van der Waals surface area contributed by atoms with Gasteiger partial charge in [0, 0.05) is 34.8 Å². The maximum absolute atomic E-state index is 15.2. The number of carboxylic acids is 1. The zero-order valence-corrected chi connectivity index (χ0v) is 26.5. The summed E-state index contributed by atoms with van der Waals surface area (Å²) in [5, 5.41) is 7.30. The highest BCUT2D eigenvalue weighted by atomic mass is 32.2. The number of carbonyl (C=O) groups excluding carboxylic acids is 1. The van der Waals surface area contributed by atoms with Crippen molar-refractivity contribution in [1.82, 2.24) is 13.9 Å². The molecule has 2 aromatic heterocycles. The number of carbonyl (C=O) groups is 2. The van der Waals surface area contributed by atoms with Crippen LogP contribution in [-0.2, 0) is 41.6 Å². The van der Waals surface area contributed by atoms with E-state index in [1.807, 2.05) is 31.4 Å². The smallest absolute Gasteiger partial charge is 0.475 e. The van der Waals surface area contributed by atoms with Gasteiger partial charge in [-0.15, -0.1) is 11.3 Å². The Bertz CT molecular complexity index is 1730. The summed E-state index contributed by atoms with van der Waals surface area (Å²) < 4.78 is 92.0. The van der Waals surface area contributed by atoms with E-state index < -0.39 is 40.8 Å². The molecule has 0 saturated heterocycles. The predicted molar refractivity (Wildman–Crippen MR) is 161 cm³/mol. The van der Waals surface area contributed by atoms with Crippen LogP contribution in [-0.4, -0.2) is 45.6 Å². The summed E-state index contributed by atoms with van der Waals surface area (Å²) in [6.07, 6.45) is -1.27. The third-order valence-electron chi connectivity index (χ3n) is 6.26. The molecule has 0 aliphatic heterocycles.